The standard InChI is InChI=1S/C15H10N2O2.C8H3N3O2/c1-18-13-4-6-14(7-5-13)19-15-3-2-11(9-16)12(8-15)10-17;9-4-6-1-2-8(11(12)13)3-7(6)5-10/h2-8H,1H3;1-3H. The van der Waals surface area contributed by atoms with E-state index in [9.17, 15) is 10.1 Å². The lowest BCUT2D eigenvalue weighted by molar-refractivity contribution is -0.384. The second kappa shape index (κ2) is 11.0. The van der Waals surface area contributed by atoms with Crippen molar-refractivity contribution in [3.05, 3.63) is 93.0 Å². The van der Waals surface area contributed by atoms with Crippen LogP contribution < -0.4 is 9.47 Å². The lowest BCUT2D eigenvalue weighted by Gasteiger charge is -2.07. The normalized spacial score (nSPS) is 8.91. The molecule has 9 heteroatoms. The molecule has 0 N–H and O–H groups in total. The average Bonchev–Trinajstić information content (AvgIpc) is 2.84. The van der Waals surface area contributed by atoms with E-state index < -0.39 is 4.92 Å². The summed E-state index contributed by atoms with van der Waals surface area (Å²) in [5.41, 5.74) is 0.624. The molecule has 3 aromatic carbocycles. The van der Waals surface area contributed by atoms with E-state index in [0.29, 0.717) is 22.6 Å². The van der Waals surface area contributed by atoms with E-state index in [1.54, 1.807) is 61.7 Å². The van der Waals surface area contributed by atoms with Crippen LogP contribution in [0.25, 0.3) is 0 Å². The highest BCUT2D eigenvalue weighted by molar-refractivity contribution is 5.51. The minimum absolute atomic E-state index is 0.0247. The monoisotopic (exact) mass is 423 g/mol. The summed E-state index contributed by atoms with van der Waals surface area (Å²) in [6, 6.07) is 22.8. The molecule has 0 bridgehead atoms. The van der Waals surface area contributed by atoms with Crippen LogP contribution in [0.2, 0.25) is 0 Å². The van der Waals surface area contributed by atoms with Crippen molar-refractivity contribution < 1.29 is 14.4 Å². The second-order valence-electron chi connectivity index (χ2n) is 5.92. The highest BCUT2D eigenvalue weighted by Gasteiger charge is 2.09. The number of methoxy groups -OCH3 is 1. The Hall–Kier alpha value is -5.38. The largest absolute Gasteiger partial charge is 0.497 e. The van der Waals surface area contributed by atoms with Crippen molar-refractivity contribution in [2.75, 3.05) is 7.11 Å². The van der Waals surface area contributed by atoms with Crippen molar-refractivity contribution in [2.45, 2.75) is 0 Å². The van der Waals surface area contributed by atoms with E-state index in [4.69, 9.17) is 30.5 Å². The third-order valence-electron chi connectivity index (χ3n) is 3.98. The van der Waals surface area contributed by atoms with Gasteiger partial charge in [0.25, 0.3) is 5.69 Å². The van der Waals surface area contributed by atoms with Crippen LogP contribution in [0.1, 0.15) is 22.3 Å². The Labute approximate surface area is 183 Å². The van der Waals surface area contributed by atoms with Gasteiger partial charge in [-0.2, -0.15) is 21.0 Å². The number of hydrogen-bond acceptors (Lipinski definition) is 8. The van der Waals surface area contributed by atoms with Crippen LogP contribution in [0.15, 0.2) is 60.7 Å². The first-order valence-corrected chi connectivity index (χ1v) is 8.80. The summed E-state index contributed by atoms with van der Waals surface area (Å²) in [6.45, 7) is 0. The van der Waals surface area contributed by atoms with Crippen LogP contribution in [0, 0.1) is 55.4 Å². The average molecular weight is 423 g/mol. The number of nitro benzene ring substituents is 1. The highest BCUT2D eigenvalue weighted by atomic mass is 16.6. The summed E-state index contributed by atoms with van der Waals surface area (Å²) in [4.78, 5) is 9.67. The Morgan fingerprint density at radius 2 is 1.16 bits per heavy atom. The minimum Gasteiger partial charge on any atom is -0.497 e. The van der Waals surface area contributed by atoms with Gasteiger partial charge in [-0.05, 0) is 48.5 Å². The quantitative estimate of drug-likeness (QED) is 0.436. The van der Waals surface area contributed by atoms with Gasteiger partial charge in [0.05, 0.1) is 34.3 Å². The van der Waals surface area contributed by atoms with Crippen molar-refractivity contribution in [1.82, 2.24) is 0 Å². The maximum absolute atomic E-state index is 10.3. The Kier molecular flexibility index (Phi) is 7.85. The van der Waals surface area contributed by atoms with Gasteiger partial charge in [-0.25, -0.2) is 0 Å². The topological polar surface area (TPSA) is 157 Å². The Morgan fingerprint density at radius 1 is 0.688 bits per heavy atom. The predicted octanol–water partition coefficient (Wildman–Crippen LogP) is 4.57. The summed E-state index contributed by atoms with van der Waals surface area (Å²) >= 11 is 0. The third kappa shape index (κ3) is 5.81. The number of rotatable bonds is 4. The second-order valence-corrected chi connectivity index (χ2v) is 5.92. The van der Waals surface area contributed by atoms with Gasteiger partial charge in [0, 0.05) is 12.1 Å². The molecule has 0 aliphatic rings. The zero-order valence-corrected chi connectivity index (χ0v) is 16.6. The van der Waals surface area contributed by atoms with Gasteiger partial charge in [-0.3, -0.25) is 10.1 Å². The van der Waals surface area contributed by atoms with Crippen molar-refractivity contribution >= 4 is 5.69 Å². The van der Waals surface area contributed by atoms with Gasteiger partial charge < -0.3 is 9.47 Å². The Balaban J connectivity index is 0.000000244. The summed E-state index contributed by atoms with van der Waals surface area (Å²) < 4.78 is 10.7. The molecule has 0 aliphatic carbocycles. The molecule has 0 aliphatic heterocycles. The Bertz CT molecular complexity index is 1310. The molecule has 0 radical (unpaired) electrons. The number of nitrogens with zero attached hydrogens (tertiary/aromatic N) is 5. The summed E-state index contributed by atoms with van der Waals surface area (Å²) in [6.07, 6.45) is 0. The maximum Gasteiger partial charge on any atom is 0.270 e. The summed E-state index contributed by atoms with van der Waals surface area (Å²) in [5.74, 6) is 1.89. The molecule has 0 spiro atoms. The number of benzene rings is 3. The van der Waals surface area contributed by atoms with Crippen molar-refractivity contribution in [3.8, 4) is 41.5 Å². The zero-order chi connectivity index (χ0) is 23.5. The molecule has 0 fully saturated rings. The first kappa shape index (κ1) is 22.9. The van der Waals surface area contributed by atoms with Crippen molar-refractivity contribution in [3.63, 3.8) is 0 Å². The molecule has 0 heterocycles. The minimum atomic E-state index is -0.609. The molecule has 9 nitrogen and oxygen atoms in total. The van der Waals surface area contributed by atoms with Gasteiger partial charge in [-0.1, -0.05) is 0 Å². The molecule has 3 rings (SSSR count). The highest BCUT2D eigenvalue weighted by Crippen LogP contribution is 2.25. The number of ether oxygens (including phenoxy) is 2. The zero-order valence-electron chi connectivity index (χ0n) is 16.6. The Morgan fingerprint density at radius 3 is 1.66 bits per heavy atom. The van der Waals surface area contributed by atoms with Gasteiger partial charge in [-0.15, -0.1) is 0 Å². The lowest BCUT2D eigenvalue weighted by atomic mass is 10.1. The first-order chi connectivity index (χ1) is 15.4. The maximum atomic E-state index is 10.3. The number of nitro groups is 1. The van der Waals surface area contributed by atoms with E-state index in [0.717, 1.165) is 11.8 Å². The van der Waals surface area contributed by atoms with E-state index in [1.165, 1.54) is 12.1 Å². The van der Waals surface area contributed by atoms with E-state index in [2.05, 4.69) is 0 Å². The molecule has 3 aromatic rings. The fourth-order valence-corrected chi connectivity index (χ4v) is 2.39. The van der Waals surface area contributed by atoms with Crippen LogP contribution in [-0.4, -0.2) is 12.0 Å². The van der Waals surface area contributed by atoms with Crippen LogP contribution >= 0.6 is 0 Å². The molecule has 0 saturated heterocycles. The van der Waals surface area contributed by atoms with Gasteiger partial charge in [0.15, 0.2) is 0 Å². The number of hydrogen-bond donors (Lipinski definition) is 0. The molecule has 0 atom stereocenters. The summed E-state index contributed by atoms with van der Waals surface area (Å²) in [7, 11) is 1.59. The molecule has 0 amide bonds. The van der Waals surface area contributed by atoms with Crippen LogP contribution in [0.3, 0.4) is 0 Å². The van der Waals surface area contributed by atoms with Crippen molar-refractivity contribution in [1.29, 1.82) is 21.0 Å². The van der Waals surface area contributed by atoms with Gasteiger partial charge >= 0.3 is 0 Å². The first-order valence-electron chi connectivity index (χ1n) is 8.80. The van der Waals surface area contributed by atoms with Gasteiger partial charge in [0.2, 0.25) is 0 Å². The fraction of sp³-hybridized carbons (Fsp3) is 0.0435. The fourth-order valence-electron chi connectivity index (χ4n) is 2.39. The van der Waals surface area contributed by atoms with Crippen LogP contribution in [0.5, 0.6) is 17.2 Å². The van der Waals surface area contributed by atoms with Crippen LogP contribution in [-0.2, 0) is 0 Å². The van der Waals surface area contributed by atoms with Crippen molar-refractivity contribution in [2.24, 2.45) is 0 Å². The van der Waals surface area contributed by atoms with Gasteiger partial charge in [0.1, 0.15) is 41.5 Å². The smallest absolute Gasteiger partial charge is 0.270 e. The molecule has 154 valence electrons. The molecule has 0 saturated carbocycles. The van der Waals surface area contributed by atoms with Crippen LogP contribution in [0.4, 0.5) is 5.69 Å². The van der Waals surface area contributed by atoms with E-state index >= 15 is 0 Å². The molecule has 0 aromatic heterocycles. The summed E-state index contributed by atoms with van der Waals surface area (Å²) in [5, 5.41) is 45.1. The van der Waals surface area contributed by atoms with E-state index in [-0.39, 0.29) is 16.8 Å². The molecular formula is C23H13N5O4. The number of nitriles is 4. The SMILES string of the molecule is COc1ccc(Oc2ccc(C#N)c(C#N)c2)cc1.N#Cc1ccc([N+](=O)[O-])cc1C#N. The molecule has 0 unspecified atom stereocenters. The predicted molar refractivity (Wildman–Crippen MR) is 111 cm³/mol. The van der Waals surface area contributed by atoms with E-state index in [1.807, 2.05) is 12.1 Å². The lowest BCUT2D eigenvalue weighted by Crippen LogP contribution is -1.90. The number of non-ortho nitro benzene ring substituents is 1. The molecule has 32 heavy (non-hydrogen) atoms. The molecular weight excluding hydrogens is 410 g/mol. The third-order valence-corrected chi connectivity index (χ3v) is 3.98.